The van der Waals surface area contributed by atoms with E-state index in [9.17, 15) is 14.0 Å². The van der Waals surface area contributed by atoms with Gasteiger partial charge in [0.15, 0.2) is 0 Å². The summed E-state index contributed by atoms with van der Waals surface area (Å²) in [7, 11) is 1.51. The monoisotopic (exact) mass is 273 g/mol. The van der Waals surface area contributed by atoms with Crippen LogP contribution in [0, 0.1) is 5.82 Å². The summed E-state index contributed by atoms with van der Waals surface area (Å²) in [4.78, 5) is 23.7. The van der Waals surface area contributed by atoms with Crippen molar-refractivity contribution in [2.45, 2.75) is 0 Å². The van der Waals surface area contributed by atoms with Crippen molar-refractivity contribution >= 4 is 17.4 Å². The molecule has 4 nitrogen and oxygen atoms in total. The summed E-state index contributed by atoms with van der Waals surface area (Å²) in [6.07, 6.45) is 0. The number of nitrogens with one attached hydrogen (secondary N) is 1. The molecule has 2 aromatic rings. The average molecular weight is 273 g/mol. The van der Waals surface area contributed by atoms with Crippen LogP contribution in [-0.4, -0.2) is 18.8 Å². The predicted octanol–water partition coefficient (Wildman–Crippen LogP) is 2.66. The molecule has 0 spiro atoms. The molecule has 0 radical (unpaired) electrons. The second-order valence-corrected chi connectivity index (χ2v) is 4.02. The van der Waals surface area contributed by atoms with E-state index >= 15 is 0 Å². The van der Waals surface area contributed by atoms with Crippen molar-refractivity contribution in [3.05, 3.63) is 59.9 Å². The molecule has 0 aliphatic carbocycles. The van der Waals surface area contributed by atoms with E-state index in [0.717, 1.165) is 0 Å². The van der Waals surface area contributed by atoms with Gasteiger partial charge < -0.3 is 10.1 Å². The van der Waals surface area contributed by atoms with Crippen LogP contribution in [0.4, 0.5) is 10.1 Å². The first kappa shape index (κ1) is 13.7. The number of methoxy groups -OCH3 is 1. The quantitative estimate of drug-likeness (QED) is 0.688. The number of halogens is 1. The highest BCUT2D eigenvalue weighted by Crippen LogP contribution is 2.13. The molecule has 0 heterocycles. The molecule has 1 N–H and O–H groups in total. The molecule has 20 heavy (non-hydrogen) atoms. The lowest BCUT2D eigenvalue weighted by atomic mass is 10.1. The summed E-state index contributed by atoms with van der Waals surface area (Å²) >= 11 is 0. The maximum absolute atomic E-state index is 12.7. The summed E-state index contributed by atoms with van der Waals surface area (Å²) in [5.41, 5.74) is 0.615. The second-order valence-electron chi connectivity index (χ2n) is 4.02. The highest BCUT2D eigenvalue weighted by Gasteiger charge is 2.16. The van der Waals surface area contributed by atoms with Crippen molar-refractivity contribution in [2.24, 2.45) is 0 Å². The molecule has 0 fully saturated rings. The van der Waals surface area contributed by atoms with E-state index < -0.39 is 17.5 Å². The Hall–Kier alpha value is -2.69. The Morgan fingerprint density at radius 3 is 2.15 bits per heavy atom. The van der Waals surface area contributed by atoms with Crippen molar-refractivity contribution in [1.82, 2.24) is 0 Å². The molecular formula is C15H12FNO3. The molecule has 2 aromatic carbocycles. The van der Waals surface area contributed by atoms with Gasteiger partial charge >= 0.3 is 0 Å². The number of Topliss-reactive ketones (excluding diaryl/α,β-unsaturated/α-hetero) is 1. The third kappa shape index (κ3) is 3.20. The topological polar surface area (TPSA) is 55.4 Å². The zero-order valence-electron chi connectivity index (χ0n) is 10.7. The summed E-state index contributed by atoms with van der Waals surface area (Å²) in [5, 5.41) is 2.41. The Labute approximate surface area is 115 Å². The third-order valence-electron chi connectivity index (χ3n) is 2.66. The molecule has 0 atom stereocenters. The fourth-order valence-electron chi connectivity index (χ4n) is 1.59. The number of hydrogen-bond donors (Lipinski definition) is 1. The Morgan fingerprint density at radius 2 is 1.60 bits per heavy atom. The molecule has 0 bridgehead atoms. The van der Waals surface area contributed by atoms with E-state index in [4.69, 9.17) is 4.74 Å². The van der Waals surface area contributed by atoms with Gasteiger partial charge in [0, 0.05) is 11.3 Å². The first-order chi connectivity index (χ1) is 9.60. The van der Waals surface area contributed by atoms with Gasteiger partial charge in [0.2, 0.25) is 0 Å². The van der Waals surface area contributed by atoms with Gasteiger partial charge in [0.1, 0.15) is 11.6 Å². The predicted molar refractivity (Wildman–Crippen MR) is 72.4 cm³/mol. The van der Waals surface area contributed by atoms with E-state index in [2.05, 4.69) is 5.32 Å². The molecule has 0 saturated carbocycles. The molecule has 2 rings (SSSR count). The van der Waals surface area contributed by atoms with Gasteiger partial charge in [0.25, 0.3) is 11.7 Å². The van der Waals surface area contributed by atoms with Crippen LogP contribution in [0.3, 0.4) is 0 Å². The van der Waals surface area contributed by atoms with Crippen LogP contribution < -0.4 is 10.1 Å². The minimum atomic E-state index is -0.776. The maximum atomic E-state index is 12.7. The van der Waals surface area contributed by atoms with Gasteiger partial charge in [-0.15, -0.1) is 0 Å². The zero-order valence-corrected chi connectivity index (χ0v) is 10.7. The van der Waals surface area contributed by atoms with Crippen molar-refractivity contribution in [2.75, 3.05) is 12.4 Å². The first-order valence-corrected chi connectivity index (χ1v) is 5.85. The van der Waals surface area contributed by atoms with E-state index in [0.29, 0.717) is 11.4 Å². The Balaban J connectivity index is 2.07. The summed E-state index contributed by atoms with van der Waals surface area (Å²) in [6.45, 7) is 0. The van der Waals surface area contributed by atoms with Crippen LogP contribution >= 0.6 is 0 Å². The Morgan fingerprint density at radius 1 is 1.00 bits per heavy atom. The molecule has 102 valence electrons. The SMILES string of the molecule is COc1ccc(C(=O)C(=O)Nc2ccc(F)cc2)cc1. The van der Waals surface area contributed by atoms with Crippen molar-refractivity contribution in [1.29, 1.82) is 0 Å². The summed E-state index contributed by atoms with van der Waals surface area (Å²) in [5.74, 6) is -1.26. The minimum Gasteiger partial charge on any atom is -0.497 e. The second kappa shape index (κ2) is 5.97. The minimum absolute atomic E-state index is 0.255. The number of ketones is 1. The molecule has 0 aliphatic rings. The number of rotatable bonds is 4. The average Bonchev–Trinajstić information content (AvgIpc) is 2.49. The highest BCUT2D eigenvalue weighted by molar-refractivity contribution is 6.46. The number of anilines is 1. The smallest absolute Gasteiger partial charge is 0.296 e. The van der Waals surface area contributed by atoms with Gasteiger partial charge in [0.05, 0.1) is 7.11 Å². The third-order valence-corrected chi connectivity index (χ3v) is 2.66. The Kier molecular flexibility index (Phi) is 4.10. The van der Waals surface area contributed by atoms with Gasteiger partial charge in [-0.1, -0.05) is 0 Å². The lowest BCUT2D eigenvalue weighted by Crippen LogP contribution is -2.22. The summed E-state index contributed by atoms with van der Waals surface area (Å²) < 4.78 is 17.7. The highest BCUT2D eigenvalue weighted by atomic mass is 19.1. The zero-order chi connectivity index (χ0) is 14.5. The van der Waals surface area contributed by atoms with E-state index in [1.165, 1.54) is 43.5 Å². The molecular weight excluding hydrogens is 261 g/mol. The molecule has 1 amide bonds. The molecule has 0 saturated heterocycles. The number of ether oxygens (including phenoxy) is 1. The van der Waals surface area contributed by atoms with Gasteiger partial charge in [-0.2, -0.15) is 0 Å². The van der Waals surface area contributed by atoms with Crippen LogP contribution in [0.2, 0.25) is 0 Å². The lowest BCUT2D eigenvalue weighted by Gasteiger charge is -2.05. The van der Waals surface area contributed by atoms with Crippen LogP contribution in [0.1, 0.15) is 10.4 Å². The van der Waals surface area contributed by atoms with Gasteiger partial charge in [-0.3, -0.25) is 9.59 Å². The van der Waals surface area contributed by atoms with Gasteiger partial charge in [-0.05, 0) is 48.5 Å². The standard InChI is InChI=1S/C15H12FNO3/c1-20-13-8-2-10(3-9-13)14(18)15(19)17-12-6-4-11(16)5-7-12/h2-9H,1H3,(H,17,19). The Bertz CT molecular complexity index is 621. The van der Waals surface area contributed by atoms with E-state index in [1.807, 2.05) is 0 Å². The van der Waals surface area contributed by atoms with Crippen LogP contribution in [0.25, 0.3) is 0 Å². The molecule has 0 aromatic heterocycles. The van der Waals surface area contributed by atoms with E-state index in [-0.39, 0.29) is 5.56 Å². The number of hydrogen-bond acceptors (Lipinski definition) is 3. The van der Waals surface area contributed by atoms with Gasteiger partial charge in [-0.25, -0.2) is 4.39 Å². The van der Waals surface area contributed by atoms with Crippen molar-refractivity contribution in [3.8, 4) is 5.75 Å². The number of carbonyl (C=O) groups excluding carboxylic acids is 2. The maximum Gasteiger partial charge on any atom is 0.296 e. The van der Waals surface area contributed by atoms with Crippen LogP contribution in [-0.2, 0) is 4.79 Å². The van der Waals surface area contributed by atoms with Crippen molar-refractivity contribution < 1.29 is 18.7 Å². The fraction of sp³-hybridized carbons (Fsp3) is 0.0667. The number of benzene rings is 2. The summed E-state index contributed by atoms with van der Waals surface area (Å²) in [6, 6.07) is 11.4. The normalized spacial score (nSPS) is 9.90. The molecule has 5 heteroatoms. The molecule has 0 aliphatic heterocycles. The lowest BCUT2D eigenvalue weighted by molar-refractivity contribution is -0.112. The largest absolute Gasteiger partial charge is 0.497 e. The van der Waals surface area contributed by atoms with Crippen LogP contribution in [0.5, 0.6) is 5.75 Å². The van der Waals surface area contributed by atoms with Crippen LogP contribution in [0.15, 0.2) is 48.5 Å². The fourth-order valence-corrected chi connectivity index (χ4v) is 1.59. The first-order valence-electron chi connectivity index (χ1n) is 5.85. The molecule has 0 unspecified atom stereocenters. The van der Waals surface area contributed by atoms with Crippen molar-refractivity contribution in [3.63, 3.8) is 0 Å². The van der Waals surface area contributed by atoms with E-state index in [1.54, 1.807) is 12.1 Å². The number of carbonyl (C=O) groups is 2. The number of amides is 1.